The number of hydrogen-bond acceptors (Lipinski definition) is 3. The van der Waals surface area contributed by atoms with Crippen molar-refractivity contribution in [3.8, 4) is 11.5 Å². The zero-order valence-electron chi connectivity index (χ0n) is 21.5. The van der Waals surface area contributed by atoms with Gasteiger partial charge in [0.1, 0.15) is 11.5 Å². The van der Waals surface area contributed by atoms with Crippen molar-refractivity contribution in [2.45, 2.75) is 45.4 Å². The van der Waals surface area contributed by atoms with Gasteiger partial charge in [-0.15, -0.1) is 0 Å². The quantitative estimate of drug-likeness (QED) is 0.438. The Labute approximate surface area is 205 Å². The summed E-state index contributed by atoms with van der Waals surface area (Å²) in [6.45, 7) is 15.1. The minimum atomic E-state index is -0.274. The number of ether oxygens (including phenoxy) is 1. The van der Waals surface area contributed by atoms with E-state index in [-0.39, 0.29) is 16.6 Å². The summed E-state index contributed by atoms with van der Waals surface area (Å²) in [5.74, 6) is 1.17. The standard InChI is InChI=1S/C31H37NO2/c1-22-16-17-24(33)20-26(22)30(3,4)23(2)14-12-10-9-11-13-15-29-31(5,6)27-21-25(34-8)18-19-28(27)32(29)7/h9-21,33H,2H2,1,3-8H3/b10-9+,13-11+,14-12+,29-15+. The highest BCUT2D eigenvalue weighted by molar-refractivity contribution is 5.71. The summed E-state index contributed by atoms with van der Waals surface area (Å²) in [7, 11) is 3.82. The number of phenolic OH excluding ortho intramolecular Hbond substituents is 1. The fourth-order valence-electron chi connectivity index (χ4n) is 4.62. The number of anilines is 1. The van der Waals surface area contributed by atoms with Crippen LogP contribution in [0, 0.1) is 6.92 Å². The molecule has 0 atom stereocenters. The van der Waals surface area contributed by atoms with Gasteiger partial charge in [-0.1, -0.05) is 76.8 Å². The number of likely N-dealkylation sites (N-methyl/N-ethyl adjacent to an activating group) is 1. The molecule has 0 bridgehead atoms. The second kappa shape index (κ2) is 9.80. The van der Waals surface area contributed by atoms with Gasteiger partial charge in [0.25, 0.3) is 0 Å². The van der Waals surface area contributed by atoms with Gasteiger partial charge in [0.05, 0.1) is 7.11 Å². The molecular formula is C31H37NO2. The molecule has 1 aliphatic heterocycles. The first-order valence-electron chi connectivity index (χ1n) is 11.6. The monoisotopic (exact) mass is 455 g/mol. The van der Waals surface area contributed by atoms with Crippen LogP contribution in [0.15, 0.2) is 96.8 Å². The minimum absolute atomic E-state index is 0.0973. The Morgan fingerprint density at radius 1 is 1.03 bits per heavy atom. The van der Waals surface area contributed by atoms with Crippen molar-refractivity contribution >= 4 is 5.69 Å². The molecule has 1 heterocycles. The lowest BCUT2D eigenvalue weighted by Gasteiger charge is -2.28. The van der Waals surface area contributed by atoms with E-state index in [0.717, 1.165) is 22.4 Å². The molecule has 0 amide bonds. The van der Waals surface area contributed by atoms with Crippen LogP contribution in [0.5, 0.6) is 11.5 Å². The molecule has 0 aliphatic carbocycles. The molecular weight excluding hydrogens is 418 g/mol. The molecule has 3 heteroatoms. The van der Waals surface area contributed by atoms with Crippen molar-refractivity contribution in [3.05, 3.63) is 113 Å². The van der Waals surface area contributed by atoms with Crippen LogP contribution in [-0.4, -0.2) is 19.3 Å². The first-order chi connectivity index (χ1) is 16.0. The number of rotatable bonds is 7. The van der Waals surface area contributed by atoms with Gasteiger partial charge in [0.15, 0.2) is 0 Å². The Kier molecular flexibility index (Phi) is 7.26. The summed E-state index contributed by atoms with van der Waals surface area (Å²) in [6.07, 6.45) is 14.4. The Morgan fingerprint density at radius 3 is 2.41 bits per heavy atom. The molecule has 2 aromatic rings. The minimum Gasteiger partial charge on any atom is -0.508 e. The Hall–Kier alpha value is -3.46. The maximum Gasteiger partial charge on any atom is 0.119 e. The van der Waals surface area contributed by atoms with E-state index in [1.54, 1.807) is 13.2 Å². The van der Waals surface area contributed by atoms with Gasteiger partial charge < -0.3 is 14.7 Å². The summed E-state index contributed by atoms with van der Waals surface area (Å²) in [4.78, 5) is 2.25. The number of aromatic hydroxyl groups is 1. The molecule has 0 spiro atoms. The molecule has 3 rings (SSSR count). The lowest BCUT2D eigenvalue weighted by Crippen LogP contribution is -2.22. The summed E-state index contributed by atoms with van der Waals surface area (Å²) in [5.41, 5.74) is 6.57. The number of hydrogen-bond donors (Lipinski definition) is 1. The number of phenols is 1. The average molecular weight is 456 g/mol. The molecule has 0 radical (unpaired) electrons. The lowest BCUT2D eigenvalue weighted by atomic mass is 9.76. The van der Waals surface area contributed by atoms with Crippen molar-refractivity contribution in [1.82, 2.24) is 0 Å². The molecule has 0 aromatic heterocycles. The van der Waals surface area contributed by atoms with Crippen LogP contribution in [0.3, 0.4) is 0 Å². The van der Waals surface area contributed by atoms with Crippen molar-refractivity contribution < 1.29 is 9.84 Å². The van der Waals surface area contributed by atoms with Crippen LogP contribution in [0.25, 0.3) is 0 Å². The largest absolute Gasteiger partial charge is 0.508 e. The maximum atomic E-state index is 9.90. The molecule has 0 fully saturated rings. The van der Waals surface area contributed by atoms with Gasteiger partial charge in [-0.2, -0.15) is 0 Å². The SMILES string of the molecule is C=C(/C=C/C=C/C=C/C=C1/N(C)c2ccc(OC)cc2C1(C)C)C(C)(C)c1cc(O)ccc1C. The fourth-order valence-corrected chi connectivity index (χ4v) is 4.62. The smallest absolute Gasteiger partial charge is 0.119 e. The highest BCUT2D eigenvalue weighted by Crippen LogP contribution is 2.48. The van der Waals surface area contributed by atoms with Gasteiger partial charge in [-0.3, -0.25) is 0 Å². The Morgan fingerprint density at radius 2 is 1.71 bits per heavy atom. The third-order valence-electron chi connectivity index (χ3n) is 6.93. The molecule has 1 N–H and O–H groups in total. The second-order valence-corrected chi connectivity index (χ2v) is 9.90. The van der Waals surface area contributed by atoms with E-state index in [4.69, 9.17) is 4.74 Å². The highest BCUT2D eigenvalue weighted by Gasteiger charge is 2.38. The number of allylic oxidation sites excluding steroid dienone is 9. The van der Waals surface area contributed by atoms with Crippen LogP contribution in [0.4, 0.5) is 5.69 Å². The van der Waals surface area contributed by atoms with Gasteiger partial charge in [0, 0.05) is 29.3 Å². The number of benzene rings is 2. The normalized spacial score (nSPS) is 16.8. The van der Waals surface area contributed by atoms with E-state index in [1.165, 1.54) is 16.9 Å². The van der Waals surface area contributed by atoms with Crippen LogP contribution >= 0.6 is 0 Å². The molecule has 3 nitrogen and oxygen atoms in total. The van der Waals surface area contributed by atoms with Crippen LogP contribution in [0.1, 0.15) is 44.4 Å². The second-order valence-electron chi connectivity index (χ2n) is 9.90. The van der Waals surface area contributed by atoms with Crippen LogP contribution < -0.4 is 9.64 Å². The molecule has 0 unspecified atom stereocenters. The topological polar surface area (TPSA) is 32.7 Å². The zero-order valence-corrected chi connectivity index (χ0v) is 21.5. The molecule has 178 valence electrons. The predicted molar refractivity (Wildman–Crippen MR) is 145 cm³/mol. The van der Waals surface area contributed by atoms with E-state index in [9.17, 15) is 5.11 Å². The van der Waals surface area contributed by atoms with Crippen LogP contribution in [0.2, 0.25) is 0 Å². The zero-order chi connectivity index (χ0) is 25.1. The van der Waals surface area contributed by atoms with Crippen molar-refractivity contribution in [2.24, 2.45) is 0 Å². The highest BCUT2D eigenvalue weighted by atomic mass is 16.5. The molecule has 0 saturated carbocycles. The third kappa shape index (κ3) is 4.89. The Balaban J connectivity index is 1.68. The molecule has 2 aromatic carbocycles. The maximum absolute atomic E-state index is 9.90. The van der Waals surface area contributed by atoms with Crippen molar-refractivity contribution in [1.29, 1.82) is 0 Å². The first kappa shape index (κ1) is 25.2. The molecule has 34 heavy (non-hydrogen) atoms. The van der Waals surface area contributed by atoms with E-state index < -0.39 is 0 Å². The van der Waals surface area contributed by atoms with Crippen molar-refractivity contribution in [3.63, 3.8) is 0 Å². The third-order valence-corrected chi connectivity index (χ3v) is 6.93. The van der Waals surface area contributed by atoms with Gasteiger partial charge in [-0.25, -0.2) is 0 Å². The fraction of sp³-hybridized carbons (Fsp3) is 0.290. The lowest BCUT2D eigenvalue weighted by molar-refractivity contribution is 0.413. The first-order valence-corrected chi connectivity index (χ1v) is 11.6. The summed E-state index contributed by atoms with van der Waals surface area (Å²) in [6, 6.07) is 11.8. The summed E-state index contributed by atoms with van der Waals surface area (Å²) >= 11 is 0. The summed E-state index contributed by atoms with van der Waals surface area (Å²) < 4.78 is 5.43. The molecule has 0 saturated heterocycles. The number of fused-ring (bicyclic) bond motifs is 1. The van der Waals surface area contributed by atoms with E-state index in [1.807, 2.05) is 48.6 Å². The molecule has 1 aliphatic rings. The summed E-state index contributed by atoms with van der Waals surface area (Å²) in [5, 5.41) is 9.90. The van der Waals surface area contributed by atoms with Crippen LogP contribution in [-0.2, 0) is 10.8 Å². The van der Waals surface area contributed by atoms with Crippen molar-refractivity contribution in [2.75, 3.05) is 19.1 Å². The van der Waals surface area contributed by atoms with E-state index in [0.29, 0.717) is 0 Å². The number of methoxy groups -OCH3 is 1. The van der Waals surface area contributed by atoms with E-state index >= 15 is 0 Å². The van der Waals surface area contributed by atoms with Gasteiger partial charge in [0.2, 0.25) is 0 Å². The van der Waals surface area contributed by atoms with E-state index in [2.05, 4.69) is 77.4 Å². The van der Waals surface area contributed by atoms with Gasteiger partial charge >= 0.3 is 0 Å². The average Bonchev–Trinajstić information content (AvgIpc) is 2.99. The predicted octanol–water partition coefficient (Wildman–Crippen LogP) is 7.52. The van der Waals surface area contributed by atoms with Gasteiger partial charge in [-0.05, 0) is 65.6 Å². The number of aryl methyl sites for hydroxylation is 1. The number of nitrogens with zero attached hydrogens (tertiary/aromatic N) is 1. The Bertz CT molecular complexity index is 1190.